The molecule has 0 spiro atoms. The molecule has 0 radical (unpaired) electrons. The zero-order valence-corrected chi connectivity index (χ0v) is 15.1. The van der Waals surface area contributed by atoms with E-state index >= 15 is 0 Å². The highest BCUT2D eigenvalue weighted by Crippen LogP contribution is 2.14. The molecule has 2 aromatic rings. The molecule has 0 heterocycles. The van der Waals surface area contributed by atoms with Crippen molar-refractivity contribution in [3.05, 3.63) is 71.3 Å². The lowest BCUT2D eigenvalue weighted by Crippen LogP contribution is -2.12. The Labute approximate surface area is 154 Å². The number of carbonyl (C=O) groups is 2. The number of hydrogen-bond acceptors (Lipinski definition) is 3. The molecule has 0 amide bonds. The summed E-state index contributed by atoms with van der Waals surface area (Å²) in [4.78, 5) is 23.0. The van der Waals surface area contributed by atoms with Crippen LogP contribution in [0, 0.1) is 0 Å². The molecule has 25 heavy (non-hydrogen) atoms. The minimum atomic E-state index is -0.848. The van der Waals surface area contributed by atoms with Crippen LogP contribution in [0.3, 0.4) is 0 Å². The number of thiol groups is 1. The van der Waals surface area contributed by atoms with Gasteiger partial charge in [-0.15, -0.1) is 0 Å². The molecule has 132 valence electrons. The largest absolute Gasteiger partial charge is 0.480 e. The molecule has 0 saturated carbocycles. The number of carboxylic acids is 1. The van der Waals surface area contributed by atoms with Crippen molar-refractivity contribution in [2.75, 3.05) is 0 Å². The van der Waals surface area contributed by atoms with Gasteiger partial charge in [0.05, 0.1) is 5.25 Å². The standard InChI is InChI=1S/C21H24O3S/c22-19(15-17-8-4-1-5-9-17)18-13-11-16(12-14-18)7-3-2-6-10-20(25)21(23)24/h1,4-5,8-9,11-14,20,25H,2-3,6-7,10,15H2,(H,23,24). The van der Waals surface area contributed by atoms with Crippen LogP contribution in [-0.2, 0) is 17.6 Å². The van der Waals surface area contributed by atoms with Gasteiger partial charge >= 0.3 is 5.97 Å². The number of hydrogen-bond donors (Lipinski definition) is 2. The van der Waals surface area contributed by atoms with Crippen LogP contribution >= 0.6 is 12.6 Å². The molecule has 0 bridgehead atoms. The number of carbonyl (C=O) groups excluding carboxylic acids is 1. The van der Waals surface area contributed by atoms with Crippen LogP contribution in [0.15, 0.2) is 54.6 Å². The summed E-state index contributed by atoms with van der Waals surface area (Å²) >= 11 is 4.03. The number of Topliss-reactive ketones (excluding diaryl/α,β-unsaturated/α-hetero) is 1. The Morgan fingerprint density at radius 2 is 1.56 bits per heavy atom. The average molecular weight is 356 g/mol. The zero-order chi connectivity index (χ0) is 18.1. The van der Waals surface area contributed by atoms with Crippen LogP contribution in [0.1, 0.15) is 47.2 Å². The van der Waals surface area contributed by atoms with Crippen molar-refractivity contribution in [3.63, 3.8) is 0 Å². The van der Waals surface area contributed by atoms with Crippen molar-refractivity contribution in [1.82, 2.24) is 0 Å². The van der Waals surface area contributed by atoms with Crippen molar-refractivity contribution in [3.8, 4) is 0 Å². The Hall–Kier alpha value is -2.07. The highest BCUT2D eigenvalue weighted by atomic mass is 32.1. The fraction of sp³-hybridized carbons (Fsp3) is 0.333. The molecule has 4 heteroatoms. The molecule has 0 saturated heterocycles. The van der Waals surface area contributed by atoms with E-state index in [1.165, 1.54) is 5.56 Å². The molecule has 0 aliphatic rings. The van der Waals surface area contributed by atoms with E-state index in [0.29, 0.717) is 12.8 Å². The number of aryl methyl sites for hydroxylation is 1. The first-order chi connectivity index (χ1) is 12.1. The van der Waals surface area contributed by atoms with Gasteiger partial charge in [-0.2, -0.15) is 12.6 Å². The van der Waals surface area contributed by atoms with Gasteiger partial charge in [-0.1, -0.05) is 67.4 Å². The Morgan fingerprint density at radius 1 is 0.880 bits per heavy atom. The van der Waals surface area contributed by atoms with Gasteiger partial charge in [0.1, 0.15) is 0 Å². The topological polar surface area (TPSA) is 54.4 Å². The van der Waals surface area contributed by atoms with E-state index in [9.17, 15) is 9.59 Å². The van der Waals surface area contributed by atoms with Crippen molar-refractivity contribution < 1.29 is 14.7 Å². The molecule has 2 aromatic carbocycles. The third kappa shape index (κ3) is 6.75. The number of ketones is 1. The van der Waals surface area contributed by atoms with Gasteiger partial charge in [-0.25, -0.2) is 0 Å². The van der Waals surface area contributed by atoms with Gasteiger partial charge in [-0.05, 0) is 30.4 Å². The van der Waals surface area contributed by atoms with Gasteiger partial charge in [0.15, 0.2) is 5.78 Å². The number of benzene rings is 2. The lowest BCUT2D eigenvalue weighted by Gasteiger charge is -2.06. The molecule has 2 rings (SSSR count). The van der Waals surface area contributed by atoms with E-state index < -0.39 is 11.2 Å². The predicted molar refractivity (Wildman–Crippen MR) is 104 cm³/mol. The van der Waals surface area contributed by atoms with Crippen LogP contribution in [0.5, 0.6) is 0 Å². The van der Waals surface area contributed by atoms with Crippen LogP contribution in [-0.4, -0.2) is 22.1 Å². The van der Waals surface area contributed by atoms with E-state index in [2.05, 4.69) is 12.6 Å². The third-order valence-corrected chi connectivity index (χ3v) is 4.69. The summed E-state index contributed by atoms with van der Waals surface area (Å²) in [7, 11) is 0. The molecule has 1 N–H and O–H groups in total. The first-order valence-corrected chi connectivity index (χ1v) is 9.15. The molecule has 0 aliphatic carbocycles. The average Bonchev–Trinajstić information content (AvgIpc) is 2.62. The summed E-state index contributed by atoms with van der Waals surface area (Å²) in [6.45, 7) is 0. The summed E-state index contributed by atoms with van der Waals surface area (Å²) in [6.07, 6.45) is 4.84. The monoisotopic (exact) mass is 356 g/mol. The quantitative estimate of drug-likeness (QED) is 0.372. The lowest BCUT2D eigenvalue weighted by atomic mass is 10.00. The van der Waals surface area contributed by atoms with E-state index in [-0.39, 0.29) is 5.78 Å². The second kappa shape index (κ2) is 10.0. The Bertz CT molecular complexity index is 680. The predicted octanol–water partition coefficient (Wildman–Crippen LogP) is 4.60. The first kappa shape index (κ1) is 19.3. The van der Waals surface area contributed by atoms with E-state index in [1.807, 2.05) is 54.6 Å². The maximum atomic E-state index is 12.3. The van der Waals surface area contributed by atoms with Gasteiger partial charge < -0.3 is 5.11 Å². The van der Waals surface area contributed by atoms with E-state index in [0.717, 1.165) is 36.8 Å². The summed E-state index contributed by atoms with van der Waals surface area (Å²) in [6, 6.07) is 17.6. The highest BCUT2D eigenvalue weighted by molar-refractivity contribution is 7.81. The zero-order valence-electron chi connectivity index (χ0n) is 14.2. The van der Waals surface area contributed by atoms with Crippen LogP contribution < -0.4 is 0 Å². The summed E-state index contributed by atoms with van der Waals surface area (Å²) in [5, 5.41) is 8.22. The molecule has 1 atom stereocenters. The minimum Gasteiger partial charge on any atom is -0.480 e. The van der Waals surface area contributed by atoms with Crippen molar-refractivity contribution in [1.29, 1.82) is 0 Å². The number of carboxylic acid groups (broad SMARTS) is 1. The first-order valence-electron chi connectivity index (χ1n) is 8.63. The highest BCUT2D eigenvalue weighted by Gasteiger charge is 2.10. The van der Waals surface area contributed by atoms with Crippen molar-refractivity contribution in [2.45, 2.75) is 43.8 Å². The maximum Gasteiger partial charge on any atom is 0.316 e. The summed E-state index contributed by atoms with van der Waals surface area (Å²) in [5.41, 5.74) is 2.98. The maximum absolute atomic E-state index is 12.3. The summed E-state index contributed by atoms with van der Waals surface area (Å²) in [5.74, 6) is -0.717. The fourth-order valence-corrected chi connectivity index (χ4v) is 2.89. The second-order valence-corrected chi connectivity index (χ2v) is 6.86. The normalized spacial score (nSPS) is 11.9. The fourth-order valence-electron chi connectivity index (χ4n) is 2.71. The molecule has 0 aromatic heterocycles. The van der Waals surface area contributed by atoms with Gasteiger partial charge in [0, 0.05) is 12.0 Å². The third-order valence-electron chi connectivity index (χ3n) is 4.21. The molecule has 0 aliphatic heterocycles. The van der Waals surface area contributed by atoms with Crippen molar-refractivity contribution in [2.24, 2.45) is 0 Å². The Morgan fingerprint density at radius 3 is 2.20 bits per heavy atom. The Balaban J connectivity index is 1.74. The SMILES string of the molecule is O=C(Cc1ccccc1)c1ccc(CCCCCC(S)C(=O)O)cc1. The molecular formula is C21H24O3S. The molecule has 3 nitrogen and oxygen atoms in total. The smallest absolute Gasteiger partial charge is 0.316 e. The lowest BCUT2D eigenvalue weighted by molar-refractivity contribution is -0.136. The number of unbranched alkanes of at least 4 members (excludes halogenated alkanes) is 2. The minimum absolute atomic E-state index is 0.131. The van der Waals surface area contributed by atoms with E-state index in [1.54, 1.807) is 0 Å². The van der Waals surface area contributed by atoms with Gasteiger partial charge in [0.25, 0.3) is 0 Å². The molecule has 0 fully saturated rings. The molecule has 1 unspecified atom stereocenters. The van der Waals surface area contributed by atoms with Gasteiger partial charge in [0.2, 0.25) is 0 Å². The summed E-state index contributed by atoms with van der Waals surface area (Å²) < 4.78 is 0. The number of rotatable bonds is 10. The van der Waals surface area contributed by atoms with Crippen LogP contribution in [0.2, 0.25) is 0 Å². The second-order valence-electron chi connectivity index (χ2n) is 6.24. The van der Waals surface area contributed by atoms with Gasteiger partial charge in [-0.3, -0.25) is 9.59 Å². The number of aliphatic carboxylic acids is 1. The Kier molecular flexibility index (Phi) is 7.74. The van der Waals surface area contributed by atoms with Crippen LogP contribution in [0.4, 0.5) is 0 Å². The van der Waals surface area contributed by atoms with Crippen molar-refractivity contribution >= 4 is 24.4 Å². The van der Waals surface area contributed by atoms with Crippen LogP contribution in [0.25, 0.3) is 0 Å². The molecular weight excluding hydrogens is 332 g/mol. The van der Waals surface area contributed by atoms with E-state index in [4.69, 9.17) is 5.11 Å².